The quantitative estimate of drug-likeness (QED) is 0.570. The first-order chi connectivity index (χ1) is 7.86. The molecule has 0 saturated carbocycles. The fraction of sp³-hybridized carbons (Fsp3) is 0.231. The Hall–Kier alpha value is -1.90. The normalized spacial score (nSPS) is 15.2. The van der Waals surface area contributed by atoms with Gasteiger partial charge in [0.15, 0.2) is 0 Å². The number of allylic oxidation sites excluding steroid dienone is 3. The van der Waals surface area contributed by atoms with Gasteiger partial charge in [-0.1, -0.05) is 12.2 Å². The number of nitrogens with zero attached hydrogens (tertiary/aromatic N) is 3. The lowest BCUT2D eigenvalue weighted by Crippen LogP contribution is -2.10. The van der Waals surface area contributed by atoms with Crippen LogP contribution in [-0.4, -0.2) is 23.3 Å². The zero-order valence-electron chi connectivity index (χ0n) is 9.37. The van der Waals surface area contributed by atoms with Gasteiger partial charge >= 0.3 is 0 Å². The largest absolute Gasteiger partial charge is 0.269 e. The molecule has 0 fully saturated rings. The SMILES string of the molecule is CN(/N=C/c1ccncc1)C1=CCCC=C1. The van der Waals surface area contributed by atoms with Gasteiger partial charge in [-0.3, -0.25) is 9.99 Å². The van der Waals surface area contributed by atoms with Crippen LogP contribution in [0.25, 0.3) is 0 Å². The molecule has 0 atom stereocenters. The summed E-state index contributed by atoms with van der Waals surface area (Å²) in [6.07, 6.45) is 14.1. The molecule has 0 N–H and O–H groups in total. The Balaban J connectivity index is 2.02. The van der Waals surface area contributed by atoms with Gasteiger partial charge in [-0.25, -0.2) is 0 Å². The van der Waals surface area contributed by atoms with Crippen molar-refractivity contribution >= 4 is 6.21 Å². The number of aromatic nitrogens is 1. The summed E-state index contributed by atoms with van der Waals surface area (Å²) < 4.78 is 0. The zero-order chi connectivity index (χ0) is 11.2. The summed E-state index contributed by atoms with van der Waals surface area (Å²) in [6.45, 7) is 0. The molecule has 3 heteroatoms. The van der Waals surface area contributed by atoms with Crippen molar-refractivity contribution in [1.82, 2.24) is 9.99 Å². The Labute approximate surface area is 95.8 Å². The summed E-state index contributed by atoms with van der Waals surface area (Å²) in [4.78, 5) is 3.96. The van der Waals surface area contributed by atoms with Gasteiger partial charge < -0.3 is 0 Å². The van der Waals surface area contributed by atoms with Crippen LogP contribution in [0.1, 0.15) is 18.4 Å². The lowest BCUT2D eigenvalue weighted by Gasteiger charge is -2.16. The van der Waals surface area contributed by atoms with Gasteiger partial charge in [0.25, 0.3) is 0 Å². The molecule has 16 heavy (non-hydrogen) atoms. The van der Waals surface area contributed by atoms with Gasteiger partial charge in [0.05, 0.1) is 11.9 Å². The minimum absolute atomic E-state index is 1.06. The molecule has 1 aromatic heterocycles. The molecule has 0 aliphatic heterocycles. The van der Waals surface area contributed by atoms with E-state index < -0.39 is 0 Å². The molecule has 1 heterocycles. The molecule has 3 nitrogen and oxygen atoms in total. The molecule has 0 aromatic carbocycles. The lowest BCUT2D eigenvalue weighted by atomic mass is 10.1. The number of rotatable bonds is 3. The minimum atomic E-state index is 1.06. The van der Waals surface area contributed by atoms with E-state index in [1.165, 1.54) is 0 Å². The van der Waals surface area contributed by atoms with Crippen LogP contribution in [0.5, 0.6) is 0 Å². The Morgan fingerprint density at radius 2 is 2.12 bits per heavy atom. The molecule has 1 aliphatic rings. The first kappa shape index (κ1) is 10.6. The molecule has 0 radical (unpaired) electrons. The van der Waals surface area contributed by atoms with Crippen molar-refractivity contribution in [2.75, 3.05) is 7.05 Å². The molecule has 2 rings (SSSR count). The Morgan fingerprint density at radius 3 is 2.81 bits per heavy atom. The highest BCUT2D eigenvalue weighted by Gasteiger charge is 2.00. The number of hydrazone groups is 1. The Morgan fingerprint density at radius 1 is 1.31 bits per heavy atom. The van der Waals surface area contributed by atoms with Crippen LogP contribution >= 0.6 is 0 Å². The summed E-state index contributed by atoms with van der Waals surface area (Å²) in [5, 5.41) is 6.26. The van der Waals surface area contributed by atoms with Gasteiger partial charge in [-0.15, -0.1) is 0 Å². The summed E-state index contributed by atoms with van der Waals surface area (Å²) >= 11 is 0. The Kier molecular flexibility index (Phi) is 3.49. The van der Waals surface area contributed by atoms with Crippen molar-refractivity contribution in [1.29, 1.82) is 0 Å². The number of pyridine rings is 1. The van der Waals surface area contributed by atoms with E-state index in [0.717, 1.165) is 24.1 Å². The smallest absolute Gasteiger partial charge is 0.0548 e. The second kappa shape index (κ2) is 5.26. The van der Waals surface area contributed by atoms with Crippen LogP contribution in [-0.2, 0) is 0 Å². The molecule has 1 aliphatic carbocycles. The van der Waals surface area contributed by atoms with Gasteiger partial charge in [-0.05, 0) is 36.6 Å². The average Bonchev–Trinajstić information content (AvgIpc) is 2.38. The maximum atomic E-state index is 4.38. The highest BCUT2D eigenvalue weighted by molar-refractivity contribution is 5.78. The van der Waals surface area contributed by atoms with Crippen LogP contribution < -0.4 is 0 Å². The van der Waals surface area contributed by atoms with E-state index in [2.05, 4.69) is 28.3 Å². The summed E-state index contributed by atoms with van der Waals surface area (Å²) in [5.41, 5.74) is 2.21. The van der Waals surface area contributed by atoms with Crippen molar-refractivity contribution < 1.29 is 0 Å². The molecule has 82 valence electrons. The third-order valence-electron chi connectivity index (χ3n) is 2.44. The Bertz CT molecular complexity index is 418. The van der Waals surface area contributed by atoms with Crippen LogP contribution in [0.2, 0.25) is 0 Å². The third kappa shape index (κ3) is 2.79. The lowest BCUT2D eigenvalue weighted by molar-refractivity contribution is 0.459. The van der Waals surface area contributed by atoms with E-state index in [0.29, 0.717) is 0 Å². The first-order valence-corrected chi connectivity index (χ1v) is 5.41. The molecular weight excluding hydrogens is 198 g/mol. The van der Waals surface area contributed by atoms with Crippen LogP contribution in [0.15, 0.2) is 53.6 Å². The fourth-order valence-electron chi connectivity index (χ4n) is 1.51. The molecular formula is C13H15N3. The van der Waals surface area contributed by atoms with E-state index in [-0.39, 0.29) is 0 Å². The highest BCUT2D eigenvalue weighted by atomic mass is 15.4. The second-order valence-electron chi connectivity index (χ2n) is 3.66. The molecule has 0 amide bonds. The number of hydrogen-bond acceptors (Lipinski definition) is 3. The predicted molar refractivity (Wildman–Crippen MR) is 66.1 cm³/mol. The maximum Gasteiger partial charge on any atom is 0.0548 e. The van der Waals surface area contributed by atoms with Crippen LogP contribution in [0, 0.1) is 0 Å². The predicted octanol–water partition coefficient (Wildman–Crippen LogP) is 2.58. The van der Waals surface area contributed by atoms with Gasteiger partial charge in [0.1, 0.15) is 0 Å². The summed E-state index contributed by atoms with van der Waals surface area (Å²) in [5.74, 6) is 0. The first-order valence-electron chi connectivity index (χ1n) is 5.41. The van der Waals surface area contributed by atoms with Crippen molar-refractivity contribution in [2.45, 2.75) is 12.8 Å². The van der Waals surface area contributed by atoms with E-state index in [1.807, 2.05) is 30.4 Å². The molecule has 0 bridgehead atoms. The third-order valence-corrected chi connectivity index (χ3v) is 2.44. The van der Waals surface area contributed by atoms with Crippen LogP contribution in [0.3, 0.4) is 0 Å². The standard InChI is InChI=1S/C13H15N3/c1-16(13-5-3-2-4-6-13)15-11-12-7-9-14-10-8-12/h3,5-11H,2,4H2,1H3/b15-11+. The van der Waals surface area contributed by atoms with E-state index >= 15 is 0 Å². The van der Waals surface area contributed by atoms with Crippen molar-refractivity contribution in [3.05, 3.63) is 54.0 Å². The molecule has 0 unspecified atom stereocenters. The average molecular weight is 213 g/mol. The zero-order valence-corrected chi connectivity index (χ0v) is 9.37. The van der Waals surface area contributed by atoms with E-state index in [1.54, 1.807) is 12.4 Å². The fourth-order valence-corrected chi connectivity index (χ4v) is 1.51. The highest BCUT2D eigenvalue weighted by Crippen LogP contribution is 2.12. The van der Waals surface area contributed by atoms with Crippen molar-refractivity contribution in [3.63, 3.8) is 0 Å². The summed E-state index contributed by atoms with van der Waals surface area (Å²) in [7, 11) is 1.96. The van der Waals surface area contributed by atoms with Crippen LogP contribution in [0.4, 0.5) is 0 Å². The van der Waals surface area contributed by atoms with E-state index in [4.69, 9.17) is 0 Å². The number of likely N-dealkylation sites (N-methyl/N-ethyl adjacent to an activating group) is 1. The summed E-state index contributed by atoms with van der Waals surface area (Å²) in [6, 6.07) is 3.87. The molecule has 1 aromatic rings. The van der Waals surface area contributed by atoms with E-state index in [9.17, 15) is 0 Å². The topological polar surface area (TPSA) is 28.5 Å². The van der Waals surface area contributed by atoms with Gasteiger partial charge in [-0.2, -0.15) is 5.10 Å². The monoisotopic (exact) mass is 213 g/mol. The number of hydrogen-bond donors (Lipinski definition) is 0. The van der Waals surface area contributed by atoms with Gasteiger partial charge in [0.2, 0.25) is 0 Å². The molecule has 0 spiro atoms. The molecule has 0 saturated heterocycles. The maximum absolute atomic E-state index is 4.38. The van der Waals surface area contributed by atoms with Crippen molar-refractivity contribution in [3.8, 4) is 0 Å². The van der Waals surface area contributed by atoms with Gasteiger partial charge in [0, 0.05) is 19.4 Å². The minimum Gasteiger partial charge on any atom is -0.269 e. The second-order valence-corrected chi connectivity index (χ2v) is 3.66. The van der Waals surface area contributed by atoms with Crippen molar-refractivity contribution in [2.24, 2.45) is 5.10 Å².